The Balaban J connectivity index is 1.77. The fraction of sp³-hybridized carbons (Fsp3) is 0.424. The number of aromatic amines is 2. The van der Waals surface area contributed by atoms with Gasteiger partial charge in [0, 0.05) is 76.8 Å². The third kappa shape index (κ3) is 6.67. The molecule has 0 unspecified atom stereocenters. The van der Waals surface area contributed by atoms with Gasteiger partial charge >= 0.3 is 11.9 Å². The number of aliphatic carboxylic acids is 2. The molecule has 5 N–H and O–H groups in total. The molecule has 2 amide bonds. The molecule has 4 heterocycles. The van der Waals surface area contributed by atoms with Gasteiger partial charge in [0.2, 0.25) is 5.91 Å². The molecule has 4 rings (SSSR count). The first-order chi connectivity index (χ1) is 20.7. The molecule has 3 atom stereocenters. The highest BCUT2D eigenvalue weighted by atomic mass is 32.1. The number of allylic oxidation sites excluding steroid dienone is 2. The predicted octanol–water partition coefficient (Wildman–Crippen LogP) is 4.65. The number of H-pyrrole nitrogens is 2. The normalized spacial score (nSPS) is 20.0. The lowest BCUT2D eigenvalue weighted by Crippen LogP contribution is -2.19. The number of carboxylic acid groups (broad SMARTS) is 2. The largest absolute Gasteiger partial charge is 0.481 e. The molecule has 2 aliphatic rings. The quantitative estimate of drug-likeness (QED) is 0.178. The molecule has 1 fully saturated rings. The number of aliphatic imine (C=N–C) groups is 1. The fourth-order valence-corrected chi connectivity index (χ4v) is 6.74. The summed E-state index contributed by atoms with van der Waals surface area (Å²) >= 11 is 4.62. The van der Waals surface area contributed by atoms with E-state index in [4.69, 9.17) is 0 Å². The molecule has 44 heavy (non-hydrogen) atoms. The van der Waals surface area contributed by atoms with E-state index >= 15 is 0 Å². The highest BCUT2D eigenvalue weighted by molar-refractivity contribution is 7.80. The number of aromatic nitrogens is 2. The third-order valence-corrected chi connectivity index (χ3v) is 9.18. The van der Waals surface area contributed by atoms with Crippen molar-refractivity contribution in [2.24, 2.45) is 16.8 Å². The van der Waals surface area contributed by atoms with Crippen LogP contribution in [-0.4, -0.2) is 54.9 Å². The summed E-state index contributed by atoms with van der Waals surface area (Å²) in [4.78, 5) is 59.1. The van der Waals surface area contributed by atoms with Crippen molar-refractivity contribution >= 4 is 48.2 Å². The zero-order valence-corrected chi connectivity index (χ0v) is 26.7. The van der Waals surface area contributed by atoms with Crippen molar-refractivity contribution in [3.8, 4) is 0 Å². The molecule has 0 saturated carbocycles. The van der Waals surface area contributed by atoms with Gasteiger partial charge in [0.15, 0.2) is 0 Å². The van der Waals surface area contributed by atoms with Gasteiger partial charge in [-0.3, -0.25) is 19.2 Å². The minimum atomic E-state index is -0.911. The lowest BCUT2D eigenvalue weighted by molar-refractivity contribution is -0.138. The van der Waals surface area contributed by atoms with Crippen LogP contribution in [-0.2, 0) is 44.9 Å². The van der Waals surface area contributed by atoms with Gasteiger partial charge < -0.3 is 25.5 Å². The van der Waals surface area contributed by atoms with Crippen LogP contribution in [0.25, 0.3) is 6.08 Å². The minimum Gasteiger partial charge on any atom is -0.481 e. The van der Waals surface area contributed by atoms with Crippen molar-refractivity contribution in [3.63, 3.8) is 0 Å². The van der Waals surface area contributed by atoms with Gasteiger partial charge in [0.05, 0.1) is 5.71 Å². The lowest BCUT2D eigenvalue weighted by atomic mass is 9.91. The van der Waals surface area contributed by atoms with Crippen LogP contribution < -0.4 is 5.32 Å². The maximum absolute atomic E-state index is 12.5. The van der Waals surface area contributed by atoms with Gasteiger partial charge in [-0.1, -0.05) is 26.5 Å². The SMILES string of the molecule is C=CC1=C(C)C(Cc2[nH]c(Cc3[nH]c(/C=C4\NC(=O)[C@H](C)[C@H]4[C@@H](C)S)c(C)c3CCC(=O)O)c(CCC(=O)O)c2C)=NC1=O. The second-order valence-electron chi connectivity index (χ2n) is 11.7. The van der Waals surface area contributed by atoms with Crippen LogP contribution in [0.1, 0.15) is 78.6 Å². The smallest absolute Gasteiger partial charge is 0.303 e. The third-order valence-electron chi connectivity index (χ3n) is 8.86. The first-order valence-electron chi connectivity index (χ1n) is 14.7. The number of carbonyl (C=O) groups excluding carboxylic acids is 2. The van der Waals surface area contributed by atoms with Crippen molar-refractivity contribution in [1.29, 1.82) is 0 Å². The highest BCUT2D eigenvalue weighted by Crippen LogP contribution is 2.35. The van der Waals surface area contributed by atoms with E-state index in [1.165, 1.54) is 6.08 Å². The molecule has 234 valence electrons. The molecular formula is C33H40N4O6S. The van der Waals surface area contributed by atoms with Crippen molar-refractivity contribution in [1.82, 2.24) is 15.3 Å². The number of rotatable bonds is 13. The minimum absolute atomic E-state index is 0.0573. The molecule has 10 nitrogen and oxygen atoms in total. The van der Waals surface area contributed by atoms with E-state index in [1.807, 2.05) is 40.7 Å². The van der Waals surface area contributed by atoms with Crippen molar-refractivity contribution in [3.05, 3.63) is 74.5 Å². The van der Waals surface area contributed by atoms with Crippen LogP contribution in [0.3, 0.4) is 0 Å². The zero-order valence-electron chi connectivity index (χ0n) is 25.8. The topological polar surface area (TPSA) is 165 Å². The van der Waals surface area contributed by atoms with Gasteiger partial charge in [-0.25, -0.2) is 4.99 Å². The molecule has 11 heteroatoms. The Hall–Kier alpha value is -4.12. The van der Waals surface area contributed by atoms with Gasteiger partial charge in [-0.05, 0) is 67.5 Å². The van der Waals surface area contributed by atoms with Crippen LogP contribution in [0.2, 0.25) is 0 Å². The maximum atomic E-state index is 12.5. The number of hydrogen-bond acceptors (Lipinski definition) is 5. The number of nitrogens with zero attached hydrogens (tertiary/aromatic N) is 1. The van der Waals surface area contributed by atoms with E-state index in [1.54, 1.807) is 0 Å². The lowest BCUT2D eigenvalue weighted by Gasteiger charge is -2.17. The van der Waals surface area contributed by atoms with Gasteiger partial charge in [0.1, 0.15) is 0 Å². The summed E-state index contributed by atoms with van der Waals surface area (Å²) in [7, 11) is 0. The van der Waals surface area contributed by atoms with E-state index in [2.05, 4.69) is 39.5 Å². The average Bonchev–Trinajstić information content (AvgIpc) is 3.59. The molecule has 1 saturated heterocycles. The van der Waals surface area contributed by atoms with Crippen LogP contribution in [0.15, 0.2) is 34.5 Å². The van der Waals surface area contributed by atoms with Gasteiger partial charge in [0.25, 0.3) is 5.91 Å². The van der Waals surface area contributed by atoms with E-state index in [0.29, 0.717) is 37.0 Å². The number of carbonyl (C=O) groups is 4. The molecular weight excluding hydrogens is 580 g/mol. The molecule has 0 radical (unpaired) electrons. The summed E-state index contributed by atoms with van der Waals surface area (Å²) in [5.74, 6) is -2.53. The number of nitrogens with one attached hydrogen (secondary N) is 3. The first kappa shape index (κ1) is 32.8. The van der Waals surface area contributed by atoms with Crippen molar-refractivity contribution in [2.45, 2.75) is 78.4 Å². The second-order valence-corrected chi connectivity index (χ2v) is 12.5. The molecule has 2 aromatic rings. The monoisotopic (exact) mass is 620 g/mol. The summed E-state index contributed by atoms with van der Waals surface area (Å²) in [6.45, 7) is 13.3. The predicted molar refractivity (Wildman–Crippen MR) is 172 cm³/mol. The van der Waals surface area contributed by atoms with Gasteiger partial charge in [-0.15, -0.1) is 0 Å². The zero-order chi connectivity index (χ0) is 32.5. The molecule has 0 aromatic carbocycles. The Kier molecular flexibility index (Phi) is 9.88. The van der Waals surface area contributed by atoms with Crippen LogP contribution in [0.5, 0.6) is 0 Å². The Morgan fingerprint density at radius 2 is 1.57 bits per heavy atom. The number of thiol groups is 1. The summed E-state index contributed by atoms with van der Waals surface area (Å²) in [6.07, 6.45) is 4.66. The fourth-order valence-electron chi connectivity index (χ4n) is 6.32. The van der Waals surface area contributed by atoms with E-state index < -0.39 is 11.9 Å². The van der Waals surface area contributed by atoms with Crippen LogP contribution in [0, 0.1) is 25.7 Å². The number of hydrogen-bond donors (Lipinski definition) is 6. The number of amides is 2. The molecule has 2 aliphatic heterocycles. The van der Waals surface area contributed by atoms with Crippen LogP contribution in [0.4, 0.5) is 0 Å². The second kappa shape index (κ2) is 13.3. The average molecular weight is 621 g/mol. The van der Waals surface area contributed by atoms with E-state index in [-0.39, 0.29) is 41.7 Å². The highest BCUT2D eigenvalue weighted by Gasteiger charge is 2.37. The Morgan fingerprint density at radius 1 is 0.977 bits per heavy atom. The van der Waals surface area contributed by atoms with Crippen molar-refractivity contribution < 1.29 is 29.4 Å². The van der Waals surface area contributed by atoms with Gasteiger partial charge in [-0.2, -0.15) is 12.6 Å². The first-order valence-corrected chi connectivity index (χ1v) is 15.2. The van der Waals surface area contributed by atoms with Crippen LogP contribution >= 0.6 is 12.6 Å². The standard InChI is InChI=1S/C33H40N4O6S/c1-7-20-15(2)25(36-33(20)43)12-23-16(3)21(8-10-29(38)39)26(34-23)14-27-22(9-11-30(40)41)17(4)24(35-27)13-28-31(19(6)44)18(5)32(42)37-28/h7,13,18-19,31,34-35,44H,1,8-12,14H2,2-6H3,(H,37,42)(H,38,39)(H,40,41)/b28-13-/t18-,19-,31+/m1/s1. The van der Waals surface area contributed by atoms with E-state index in [9.17, 15) is 29.4 Å². The summed E-state index contributed by atoms with van der Waals surface area (Å²) in [5.41, 5.74) is 9.41. The maximum Gasteiger partial charge on any atom is 0.303 e. The summed E-state index contributed by atoms with van der Waals surface area (Å²) in [6, 6.07) is 0. The molecule has 2 aromatic heterocycles. The Morgan fingerprint density at radius 3 is 2.11 bits per heavy atom. The Labute approximate surface area is 262 Å². The molecule has 0 aliphatic carbocycles. The summed E-state index contributed by atoms with van der Waals surface area (Å²) < 4.78 is 0. The molecule has 0 spiro atoms. The molecule has 0 bridgehead atoms. The van der Waals surface area contributed by atoms with Crippen molar-refractivity contribution in [2.75, 3.05) is 0 Å². The summed E-state index contributed by atoms with van der Waals surface area (Å²) in [5, 5.41) is 21.9. The Bertz CT molecular complexity index is 1640. The number of carboxylic acids is 2. The van der Waals surface area contributed by atoms with E-state index in [0.717, 1.165) is 56.3 Å².